The average molecular weight is 404 g/mol. The summed E-state index contributed by atoms with van der Waals surface area (Å²) >= 11 is 0. The minimum absolute atomic E-state index is 0.0889. The van der Waals surface area contributed by atoms with Crippen molar-refractivity contribution in [2.45, 2.75) is 58.7 Å². The molecule has 2 aliphatic carbocycles. The maximum atomic E-state index is 13.6. The standard InChI is InChI=1S/C22H28O7/c1-12(24)28-16-8-14(10-23)21(2)6-4-15-20(26)29-17(13-5-7-27-11-13)9-22(15,3)19(21)18(16)25/h5,7,11,14-17,19,23H,4,6,8-10H2,1-3H3/t14-,15-,16-,17-,19-,21-,22-/m0/s1. The van der Waals surface area contributed by atoms with Gasteiger partial charge in [0.15, 0.2) is 11.9 Å². The average Bonchev–Trinajstić information content (AvgIpc) is 3.17. The van der Waals surface area contributed by atoms with Crippen LogP contribution in [0.1, 0.15) is 58.1 Å². The van der Waals surface area contributed by atoms with E-state index in [2.05, 4.69) is 0 Å². The van der Waals surface area contributed by atoms with E-state index in [1.165, 1.54) is 13.2 Å². The monoisotopic (exact) mass is 404 g/mol. The van der Waals surface area contributed by atoms with Crippen molar-refractivity contribution in [1.29, 1.82) is 0 Å². The van der Waals surface area contributed by atoms with Crippen LogP contribution in [0, 0.1) is 28.6 Å². The Morgan fingerprint density at radius 3 is 2.69 bits per heavy atom. The molecule has 0 unspecified atom stereocenters. The Labute approximate surface area is 169 Å². The second-order valence-electron chi connectivity index (χ2n) is 9.34. The van der Waals surface area contributed by atoms with Crippen LogP contribution >= 0.6 is 0 Å². The molecule has 0 amide bonds. The number of ketones is 1. The summed E-state index contributed by atoms with van der Waals surface area (Å²) in [5.41, 5.74) is -0.358. The predicted octanol–water partition coefficient (Wildman–Crippen LogP) is 2.82. The van der Waals surface area contributed by atoms with Gasteiger partial charge >= 0.3 is 11.9 Å². The molecule has 0 aromatic carbocycles. The first-order chi connectivity index (χ1) is 13.7. The largest absolute Gasteiger partial charge is 0.472 e. The maximum Gasteiger partial charge on any atom is 0.310 e. The molecule has 1 N–H and O–H groups in total. The van der Waals surface area contributed by atoms with E-state index in [0.717, 1.165) is 5.56 Å². The van der Waals surface area contributed by atoms with Crippen molar-refractivity contribution in [3.05, 3.63) is 24.2 Å². The Kier molecular flexibility index (Phi) is 4.84. The first kappa shape index (κ1) is 20.1. The van der Waals surface area contributed by atoms with Gasteiger partial charge in [0.1, 0.15) is 6.10 Å². The normalized spacial score (nSPS) is 41.9. The van der Waals surface area contributed by atoms with Gasteiger partial charge < -0.3 is 19.0 Å². The highest BCUT2D eigenvalue weighted by Crippen LogP contribution is 2.64. The van der Waals surface area contributed by atoms with Gasteiger partial charge in [0.25, 0.3) is 0 Å². The number of carbonyl (C=O) groups is 3. The quantitative estimate of drug-likeness (QED) is 0.773. The van der Waals surface area contributed by atoms with E-state index < -0.39 is 40.8 Å². The van der Waals surface area contributed by atoms with Crippen molar-refractivity contribution in [3.8, 4) is 0 Å². The fourth-order valence-electron chi connectivity index (χ4n) is 6.35. The highest BCUT2D eigenvalue weighted by Gasteiger charge is 2.66. The number of fused-ring (bicyclic) bond motifs is 3. The van der Waals surface area contributed by atoms with Crippen LogP contribution < -0.4 is 0 Å². The first-order valence-corrected chi connectivity index (χ1v) is 10.2. The summed E-state index contributed by atoms with van der Waals surface area (Å²) < 4.78 is 16.2. The highest BCUT2D eigenvalue weighted by molar-refractivity contribution is 5.91. The summed E-state index contributed by atoms with van der Waals surface area (Å²) in [6.45, 7) is 5.21. The van der Waals surface area contributed by atoms with E-state index in [9.17, 15) is 19.5 Å². The molecule has 0 bridgehead atoms. The third-order valence-electron chi connectivity index (χ3n) is 7.73. The van der Waals surface area contributed by atoms with Gasteiger partial charge in [-0.2, -0.15) is 0 Å². The van der Waals surface area contributed by atoms with Gasteiger partial charge in [-0.3, -0.25) is 14.4 Å². The zero-order valence-corrected chi connectivity index (χ0v) is 17.1. The molecule has 29 heavy (non-hydrogen) atoms. The summed E-state index contributed by atoms with van der Waals surface area (Å²) in [5, 5.41) is 10.1. The topological polar surface area (TPSA) is 103 Å². The van der Waals surface area contributed by atoms with Crippen LogP contribution in [0.4, 0.5) is 0 Å². The minimum Gasteiger partial charge on any atom is -0.472 e. The van der Waals surface area contributed by atoms with Crippen molar-refractivity contribution >= 4 is 17.7 Å². The van der Waals surface area contributed by atoms with Gasteiger partial charge in [-0.15, -0.1) is 0 Å². The van der Waals surface area contributed by atoms with Gasteiger partial charge in [-0.1, -0.05) is 13.8 Å². The number of esters is 2. The number of carbonyl (C=O) groups excluding carboxylic acids is 3. The maximum absolute atomic E-state index is 13.6. The van der Waals surface area contributed by atoms with Crippen LogP contribution in [0.25, 0.3) is 0 Å². The molecule has 1 saturated heterocycles. The van der Waals surface area contributed by atoms with E-state index in [4.69, 9.17) is 13.9 Å². The molecule has 4 rings (SSSR count). The zero-order valence-electron chi connectivity index (χ0n) is 17.1. The highest BCUT2D eigenvalue weighted by atomic mass is 16.6. The summed E-state index contributed by atoms with van der Waals surface area (Å²) in [7, 11) is 0. The molecule has 0 radical (unpaired) electrons. The Morgan fingerprint density at radius 1 is 1.31 bits per heavy atom. The third-order valence-corrected chi connectivity index (χ3v) is 7.73. The molecule has 7 atom stereocenters. The van der Waals surface area contributed by atoms with Crippen molar-refractivity contribution in [3.63, 3.8) is 0 Å². The fourth-order valence-corrected chi connectivity index (χ4v) is 6.35. The molecule has 2 heterocycles. The van der Waals surface area contributed by atoms with E-state index in [1.807, 2.05) is 13.8 Å². The molecule has 2 saturated carbocycles. The molecular formula is C22H28O7. The summed E-state index contributed by atoms with van der Waals surface area (Å²) in [4.78, 5) is 38.1. The van der Waals surface area contributed by atoms with Crippen LogP contribution in [0.3, 0.4) is 0 Å². The second-order valence-corrected chi connectivity index (χ2v) is 9.34. The smallest absolute Gasteiger partial charge is 0.310 e. The Balaban J connectivity index is 1.76. The lowest BCUT2D eigenvalue weighted by atomic mass is 9.43. The van der Waals surface area contributed by atoms with Crippen molar-refractivity contribution in [1.82, 2.24) is 0 Å². The minimum atomic E-state index is -0.886. The number of aliphatic hydroxyl groups excluding tert-OH is 1. The molecule has 1 aliphatic heterocycles. The number of ether oxygens (including phenoxy) is 2. The van der Waals surface area contributed by atoms with Crippen LogP contribution in [0.2, 0.25) is 0 Å². The van der Waals surface area contributed by atoms with E-state index >= 15 is 0 Å². The Hall–Kier alpha value is -2.15. The van der Waals surface area contributed by atoms with E-state index in [-0.39, 0.29) is 24.3 Å². The van der Waals surface area contributed by atoms with Gasteiger partial charge in [-0.25, -0.2) is 0 Å². The number of aliphatic hydroxyl groups is 1. The van der Waals surface area contributed by atoms with Crippen LogP contribution in [-0.2, 0) is 23.9 Å². The van der Waals surface area contributed by atoms with E-state index in [0.29, 0.717) is 25.7 Å². The zero-order chi connectivity index (χ0) is 21.0. The number of Topliss-reactive ketones (excluding diaryl/α,β-unsaturated/α-hetero) is 1. The van der Waals surface area contributed by atoms with Crippen molar-refractivity contribution in [2.24, 2.45) is 28.6 Å². The first-order valence-electron chi connectivity index (χ1n) is 10.2. The number of furan rings is 1. The lowest BCUT2D eigenvalue weighted by molar-refractivity contribution is -0.209. The summed E-state index contributed by atoms with van der Waals surface area (Å²) in [6.07, 6.45) is 3.79. The fraction of sp³-hybridized carbons (Fsp3) is 0.682. The molecule has 3 aliphatic rings. The molecule has 3 fully saturated rings. The number of rotatable bonds is 3. The predicted molar refractivity (Wildman–Crippen MR) is 100 cm³/mol. The number of hydrogen-bond acceptors (Lipinski definition) is 7. The third kappa shape index (κ3) is 3.01. The SMILES string of the molecule is CC(=O)O[C@H]1C[C@@H](CO)[C@]2(C)CC[C@H]3C(=O)O[C@H](c4ccoc4)C[C@]3(C)[C@H]2C1=O. The van der Waals surface area contributed by atoms with Crippen molar-refractivity contribution in [2.75, 3.05) is 6.61 Å². The lowest BCUT2D eigenvalue weighted by Gasteiger charge is -2.61. The molecule has 7 heteroatoms. The Morgan fingerprint density at radius 2 is 2.07 bits per heavy atom. The molecule has 1 aromatic rings. The van der Waals surface area contributed by atoms with Gasteiger partial charge in [-0.05, 0) is 48.5 Å². The van der Waals surface area contributed by atoms with Gasteiger partial charge in [0.05, 0.1) is 18.4 Å². The lowest BCUT2D eigenvalue weighted by Crippen LogP contribution is -2.64. The molecule has 158 valence electrons. The van der Waals surface area contributed by atoms with Crippen LogP contribution in [0.5, 0.6) is 0 Å². The van der Waals surface area contributed by atoms with Crippen LogP contribution in [0.15, 0.2) is 23.0 Å². The van der Waals surface area contributed by atoms with E-state index in [1.54, 1.807) is 12.3 Å². The summed E-state index contributed by atoms with van der Waals surface area (Å²) in [5.74, 6) is -2.04. The van der Waals surface area contributed by atoms with Crippen molar-refractivity contribution < 1.29 is 33.4 Å². The molecule has 0 spiro atoms. The number of cyclic esters (lactones) is 1. The summed E-state index contributed by atoms with van der Waals surface area (Å²) in [6, 6.07) is 1.77. The van der Waals surface area contributed by atoms with Gasteiger partial charge in [0.2, 0.25) is 0 Å². The number of hydrogen-bond donors (Lipinski definition) is 1. The molecule has 1 aromatic heterocycles. The van der Waals surface area contributed by atoms with Crippen LogP contribution in [-0.4, -0.2) is 35.5 Å². The Bertz CT molecular complexity index is 815. The molecule has 7 nitrogen and oxygen atoms in total. The molecular weight excluding hydrogens is 376 g/mol. The second kappa shape index (κ2) is 6.97. The van der Waals surface area contributed by atoms with Gasteiger partial charge in [0, 0.05) is 25.0 Å².